The molecule has 1 aromatic carbocycles. The van der Waals surface area contributed by atoms with Gasteiger partial charge in [0.05, 0.1) is 5.56 Å². The first-order chi connectivity index (χ1) is 8.22. The SMILES string of the molecule is CNC1CCN(C(=O)c2ccccc2O)CC1. The molecule has 1 aliphatic rings. The molecule has 1 fully saturated rings. The molecular weight excluding hydrogens is 216 g/mol. The number of amides is 1. The Morgan fingerprint density at radius 1 is 1.35 bits per heavy atom. The Morgan fingerprint density at radius 2 is 2.00 bits per heavy atom. The fourth-order valence-electron chi connectivity index (χ4n) is 2.20. The Kier molecular flexibility index (Phi) is 3.64. The first-order valence-corrected chi connectivity index (χ1v) is 5.97. The minimum atomic E-state index is -0.0716. The minimum Gasteiger partial charge on any atom is -0.507 e. The van der Waals surface area contributed by atoms with Crippen LogP contribution in [0.5, 0.6) is 5.75 Å². The second-order valence-electron chi connectivity index (χ2n) is 4.37. The summed E-state index contributed by atoms with van der Waals surface area (Å²) in [5.41, 5.74) is 0.399. The van der Waals surface area contributed by atoms with E-state index in [0.29, 0.717) is 11.6 Å². The van der Waals surface area contributed by atoms with E-state index in [0.717, 1.165) is 25.9 Å². The summed E-state index contributed by atoms with van der Waals surface area (Å²) < 4.78 is 0. The number of para-hydroxylation sites is 1. The number of rotatable bonds is 2. The standard InChI is InChI=1S/C13H18N2O2/c1-14-10-6-8-15(9-7-10)13(17)11-4-2-3-5-12(11)16/h2-5,10,14,16H,6-9H2,1H3. The van der Waals surface area contributed by atoms with Crippen molar-refractivity contribution in [2.45, 2.75) is 18.9 Å². The summed E-state index contributed by atoms with van der Waals surface area (Å²) in [6, 6.07) is 7.21. The molecule has 1 saturated heterocycles. The van der Waals surface area contributed by atoms with Crippen LogP contribution in [0.2, 0.25) is 0 Å². The van der Waals surface area contributed by atoms with Crippen molar-refractivity contribution in [1.29, 1.82) is 0 Å². The lowest BCUT2D eigenvalue weighted by Gasteiger charge is -2.31. The third-order valence-corrected chi connectivity index (χ3v) is 3.32. The number of nitrogens with zero attached hydrogens (tertiary/aromatic N) is 1. The number of carbonyl (C=O) groups excluding carboxylic acids is 1. The highest BCUT2D eigenvalue weighted by Gasteiger charge is 2.23. The van der Waals surface area contributed by atoms with Gasteiger partial charge in [0.2, 0.25) is 0 Å². The monoisotopic (exact) mass is 234 g/mol. The van der Waals surface area contributed by atoms with Crippen molar-refractivity contribution in [3.63, 3.8) is 0 Å². The molecule has 4 nitrogen and oxygen atoms in total. The topological polar surface area (TPSA) is 52.6 Å². The third-order valence-electron chi connectivity index (χ3n) is 3.32. The molecule has 0 saturated carbocycles. The largest absolute Gasteiger partial charge is 0.507 e. The van der Waals surface area contributed by atoms with E-state index in [1.165, 1.54) is 0 Å². The predicted octanol–water partition coefficient (Wildman–Crippen LogP) is 1.22. The van der Waals surface area contributed by atoms with E-state index >= 15 is 0 Å². The fourth-order valence-corrected chi connectivity index (χ4v) is 2.20. The lowest BCUT2D eigenvalue weighted by Crippen LogP contribution is -2.43. The highest BCUT2D eigenvalue weighted by molar-refractivity contribution is 5.96. The van der Waals surface area contributed by atoms with Crippen molar-refractivity contribution in [3.8, 4) is 5.75 Å². The normalized spacial score (nSPS) is 17.1. The third kappa shape index (κ3) is 2.58. The van der Waals surface area contributed by atoms with Gasteiger partial charge in [-0.25, -0.2) is 0 Å². The Bertz CT molecular complexity index is 398. The summed E-state index contributed by atoms with van der Waals surface area (Å²) in [4.78, 5) is 14.0. The van der Waals surface area contributed by atoms with Crippen LogP contribution in [0.15, 0.2) is 24.3 Å². The zero-order valence-electron chi connectivity index (χ0n) is 10.0. The summed E-state index contributed by atoms with van der Waals surface area (Å²) in [6.45, 7) is 1.50. The average Bonchev–Trinajstić information content (AvgIpc) is 2.39. The van der Waals surface area contributed by atoms with Gasteiger partial charge in [-0.3, -0.25) is 4.79 Å². The van der Waals surface area contributed by atoms with Gasteiger partial charge in [-0.05, 0) is 32.0 Å². The van der Waals surface area contributed by atoms with Crippen LogP contribution in [0.25, 0.3) is 0 Å². The average molecular weight is 234 g/mol. The van der Waals surface area contributed by atoms with Gasteiger partial charge in [-0.1, -0.05) is 12.1 Å². The smallest absolute Gasteiger partial charge is 0.257 e. The highest BCUT2D eigenvalue weighted by atomic mass is 16.3. The highest BCUT2D eigenvalue weighted by Crippen LogP contribution is 2.20. The van der Waals surface area contributed by atoms with E-state index < -0.39 is 0 Å². The maximum atomic E-state index is 12.2. The van der Waals surface area contributed by atoms with Crippen molar-refractivity contribution in [3.05, 3.63) is 29.8 Å². The van der Waals surface area contributed by atoms with Crippen LogP contribution >= 0.6 is 0 Å². The molecule has 0 radical (unpaired) electrons. The van der Waals surface area contributed by atoms with Crippen molar-refractivity contribution in [2.24, 2.45) is 0 Å². The molecule has 1 aromatic rings. The number of aromatic hydroxyl groups is 1. The molecule has 17 heavy (non-hydrogen) atoms. The maximum absolute atomic E-state index is 12.2. The van der Waals surface area contributed by atoms with Gasteiger partial charge in [0.15, 0.2) is 0 Å². The molecule has 0 aliphatic carbocycles. The second-order valence-corrected chi connectivity index (χ2v) is 4.37. The van der Waals surface area contributed by atoms with Crippen LogP contribution in [0.4, 0.5) is 0 Å². The molecule has 0 unspecified atom stereocenters. The van der Waals surface area contributed by atoms with E-state index in [4.69, 9.17) is 0 Å². The lowest BCUT2D eigenvalue weighted by molar-refractivity contribution is 0.0704. The molecule has 1 heterocycles. The summed E-state index contributed by atoms with van der Waals surface area (Å²) in [7, 11) is 1.95. The number of piperidine rings is 1. The molecule has 4 heteroatoms. The van der Waals surface area contributed by atoms with Crippen molar-refractivity contribution < 1.29 is 9.90 Å². The van der Waals surface area contributed by atoms with Crippen LogP contribution in [-0.4, -0.2) is 42.1 Å². The first-order valence-electron chi connectivity index (χ1n) is 5.97. The van der Waals surface area contributed by atoms with Crippen LogP contribution < -0.4 is 5.32 Å². The van der Waals surface area contributed by atoms with Crippen LogP contribution in [-0.2, 0) is 0 Å². The Hall–Kier alpha value is -1.55. The lowest BCUT2D eigenvalue weighted by atomic mass is 10.0. The predicted molar refractivity (Wildman–Crippen MR) is 66.1 cm³/mol. The summed E-state index contributed by atoms with van der Waals surface area (Å²) in [6.07, 6.45) is 1.94. The molecule has 92 valence electrons. The van der Waals surface area contributed by atoms with E-state index in [1.54, 1.807) is 24.3 Å². The van der Waals surface area contributed by atoms with Crippen LogP contribution in [0.1, 0.15) is 23.2 Å². The van der Waals surface area contributed by atoms with Gasteiger partial charge in [-0.15, -0.1) is 0 Å². The Morgan fingerprint density at radius 3 is 2.59 bits per heavy atom. The van der Waals surface area contributed by atoms with E-state index in [9.17, 15) is 9.90 Å². The first kappa shape index (κ1) is 11.9. The van der Waals surface area contributed by atoms with Crippen LogP contribution in [0, 0.1) is 0 Å². The summed E-state index contributed by atoms with van der Waals surface area (Å²) in [5.74, 6) is -0.00843. The van der Waals surface area contributed by atoms with Crippen molar-refractivity contribution >= 4 is 5.91 Å². The quantitative estimate of drug-likeness (QED) is 0.809. The number of phenols is 1. The van der Waals surface area contributed by atoms with Gasteiger partial charge in [0.25, 0.3) is 5.91 Å². The number of benzene rings is 1. The van der Waals surface area contributed by atoms with Crippen molar-refractivity contribution in [1.82, 2.24) is 10.2 Å². The molecule has 0 atom stereocenters. The molecular formula is C13H18N2O2. The number of carbonyl (C=O) groups is 1. The van der Waals surface area contributed by atoms with E-state index in [1.807, 2.05) is 11.9 Å². The van der Waals surface area contributed by atoms with E-state index in [2.05, 4.69) is 5.32 Å². The Labute approximate surface area is 101 Å². The van der Waals surface area contributed by atoms with Gasteiger partial charge >= 0.3 is 0 Å². The van der Waals surface area contributed by atoms with E-state index in [-0.39, 0.29) is 11.7 Å². The number of likely N-dealkylation sites (tertiary alicyclic amines) is 1. The fraction of sp³-hybridized carbons (Fsp3) is 0.462. The molecule has 2 N–H and O–H groups in total. The van der Waals surface area contributed by atoms with Gasteiger partial charge in [-0.2, -0.15) is 0 Å². The summed E-state index contributed by atoms with van der Waals surface area (Å²) >= 11 is 0. The minimum absolute atomic E-state index is 0.0632. The molecule has 1 amide bonds. The van der Waals surface area contributed by atoms with Gasteiger partial charge in [0.1, 0.15) is 5.75 Å². The van der Waals surface area contributed by atoms with Crippen molar-refractivity contribution in [2.75, 3.05) is 20.1 Å². The Balaban J connectivity index is 2.04. The summed E-state index contributed by atoms with van der Waals surface area (Å²) in [5, 5.41) is 12.9. The molecule has 1 aliphatic heterocycles. The zero-order chi connectivity index (χ0) is 12.3. The molecule has 0 spiro atoms. The number of nitrogens with one attached hydrogen (secondary N) is 1. The van der Waals surface area contributed by atoms with Gasteiger partial charge < -0.3 is 15.3 Å². The molecule has 0 bridgehead atoms. The molecule has 0 aromatic heterocycles. The maximum Gasteiger partial charge on any atom is 0.257 e. The van der Waals surface area contributed by atoms with Crippen LogP contribution in [0.3, 0.4) is 0 Å². The zero-order valence-corrected chi connectivity index (χ0v) is 10.0. The molecule has 2 rings (SSSR count). The number of phenolic OH excluding ortho intramolecular Hbond substituents is 1. The number of hydrogen-bond donors (Lipinski definition) is 2. The van der Waals surface area contributed by atoms with Gasteiger partial charge in [0, 0.05) is 19.1 Å². The second kappa shape index (κ2) is 5.19. The number of hydrogen-bond acceptors (Lipinski definition) is 3.